The van der Waals surface area contributed by atoms with Gasteiger partial charge >= 0.3 is 0 Å². The van der Waals surface area contributed by atoms with Crippen LogP contribution in [0.4, 0.5) is 0 Å². The van der Waals surface area contributed by atoms with E-state index in [1.54, 1.807) is 24.3 Å². The number of aliphatic hydroxyl groups excluding tert-OH is 2. The van der Waals surface area contributed by atoms with Crippen LogP contribution in [0.5, 0.6) is 0 Å². The Bertz CT molecular complexity index is 508. The molecule has 0 bridgehead atoms. The van der Waals surface area contributed by atoms with E-state index in [2.05, 4.69) is 0 Å². The summed E-state index contributed by atoms with van der Waals surface area (Å²) in [5.74, 6) is 0.815. The zero-order valence-corrected chi connectivity index (χ0v) is 12.8. The van der Waals surface area contributed by atoms with Crippen molar-refractivity contribution in [2.45, 2.75) is 38.4 Å². The highest BCUT2D eigenvalue weighted by molar-refractivity contribution is 8.13. The van der Waals surface area contributed by atoms with Crippen molar-refractivity contribution in [3.05, 3.63) is 35.4 Å². The first-order valence-electron chi connectivity index (χ1n) is 7.12. The van der Waals surface area contributed by atoms with Gasteiger partial charge in [0.15, 0.2) is 10.9 Å². The largest absolute Gasteiger partial charge is 0.390 e. The second-order valence-electron chi connectivity index (χ2n) is 5.40. The maximum atomic E-state index is 11.9. The van der Waals surface area contributed by atoms with Crippen molar-refractivity contribution in [3.63, 3.8) is 0 Å². The van der Waals surface area contributed by atoms with Crippen molar-refractivity contribution in [2.24, 2.45) is 5.92 Å². The Morgan fingerprint density at radius 3 is 2.38 bits per heavy atom. The summed E-state index contributed by atoms with van der Waals surface area (Å²) < 4.78 is 0. The molecule has 0 spiro atoms. The normalized spacial score (nSPS) is 17.3. The predicted molar refractivity (Wildman–Crippen MR) is 82.2 cm³/mol. The minimum atomic E-state index is -0.998. The molecule has 1 aliphatic rings. The van der Waals surface area contributed by atoms with E-state index >= 15 is 0 Å². The molecule has 0 aliphatic heterocycles. The number of benzene rings is 1. The standard InChI is InChI=1S/C16H20O4S/c1-10(17)21-9-8-14(18)16(20)13-6-4-12(5-7-13)15(19)11-2-3-11/h4-7,11,14,16,18,20H,2-3,8-9H2,1H3. The van der Waals surface area contributed by atoms with Crippen LogP contribution in [0.3, 0.4) is 0 Å². The van der Waals surface area contributed by atoms with E-state index in [1.165, 1.54) is 6.92 Å². The molecule has 1 aromatic rings. The fourth-order valence-electron chi connectivity index (χ4n) is 2.13. The Kier molecular flexibility index (Phi) is 5.56. The number of rotatable bonds is 7. The van der Waals surface area contributed by atoms with Crippen LogP contribution in [0.2, 0.25) is 0 Å². The second-order valence-corrected chi connectivity index (χ2v) is 6.67. The Labute approximate surface area is 128 Å². The number of carbonyl (C=O) groups excluding carboxylic acids is 2. The van der Waals surface area contributed by atoms with E-state index < -0.39 is 12.2 Å². The van der Waals surface area contributed by atoms with Crippen molar-refractivity contribution in [3.8, 4) is 0 Å². The van der Waals surface area contributed by atoms with Gasteiger partial charge in [-0.15, -0.1) is 0 Å². The fourth-order valence-corrected chi connectivity index (χ4v) is 2.78. The second kappa shape index (κ2) is 7.20. The number of hydrogen-bond donors (Lipinski definition) is 2. The Morgan fingerprint density at radius 1 is 1.24 bits per heavy atom. The third-order valence-electron chi connectivity index (χ3n) is 3.57. The predicted octanol–water partition coefficient (Wildman–Crippen LogP) is 2.34. The van der Waals surface area contributed by atoms with E-state index in [0.717, 1.165) is 24.6 Å². The highest BCUT2D eigenvalue weighted by Crippen LogP contribution is 2.33. The van der Waals surface area contributed by atoms with Crippen LogP contribution in [-0.2, 0) is 4.79 Å². The lowest BCUT2D eigenvalue weighted by molar-refractivity contribution is -0.109. The van der Waals surface area contributed by atoms with Gasteiger partial charge < -0.3 is 10.2 Å². The molecule has 0 aromatic heterocycles. The first-order valence-corrected chi connectivity index (χ1v) is 8.11. The average Bonchev–Trinajstić information content (AvgIpc) is 3.30. The lowest BCUT2D eigenvalue weighted by atomic mass is 9.99. The molecule has 0 saturated heterocycles. The molecule has 4 nitrogen and oxygen atoms in total. The summed E-state index contributed by atoms with van der Waals surface area (Å²) in [6, 6.07) is 6.77. The van der Waals surface area contributed by atoms with Gasteiger partial charge in [0.1, 0.15) is 6.10 Å². The van der Waals surface area contributed by atoms with Gasteiger partial charge in [0.2, 0.25) is 0 Å². The smallest absolute Gasteiger partial charge is 0.185 e. The van der Waals surface area contributed by atoms with Crippen molar-refractivity contribution >= 4 is 22.7 Å². The Hall–Kier alpha value is -1.17. The molecule has 1 saturated carbocycles. The number of thioether (sulfide) groups is 1. The van der Waals surface area contributed by atoms with Crippen molar-refractivity contribution in [1.29, 1.82) is 0 Å². The Morgan fingerprint density at radius 2 is 1.86 bits per heavy atom. The SMILES string of the molecule is CC(=O)SCCC(O)C(O)c1ccc(C(=O)C2CC2)cc1. The van der Waals surface area contributed by atoms with E-state index in [-0.39, 0.29) is 16.8 Å². The number of hydrogen-bond acceptors (Lipinski definition) is 5. The lowest BCUT2D eigenvalue weighted by Gasteiger charge is -2.18. The van der Waals surface area contributed by atoms with Gasteiger partial charge in [-0.05, 0) is 24.8 Å². The molecule has 0 amide bonds. The third-order valence-corrected chi connectivity index (χ3v) is 4.41. The molecular formula is C16H20O4S. The van der Waals surface area contributed by atoms with Gasteiger partial charge in [0.25, 0.3) is 0 Å². The molecule has 2 rings (SSSR count). The maximum Gasteiger partial charge on any atom is 0.185 e. The minimum absolute atomic E-state index is 0.000342. The van der Waals surface area contributed by atoms with Crippen molar-refractivity contribution in [2.75, 3.05) is 5.75 Å². The van der Waals surface area contributed by atoms with Gasteiger partial charge in [0.05, 0.1) is 6.10 Å². The zero-order chi connectivity index (χ0) is 15.4. The molecule has 0 heterocycles. The highest BCUT2D eigenvalue weighted by atomic mass is 32.2. The highest BCUT2D eigenvalue weighted by Gasteiger charge is 2.30. The Balaban J connectivity index is 1.90. The first-order chi connectivity index (χ1) is 9.99. The zero-order valence-electron chi connectivity index (χ0n) is 12.0. The van der Waals surface area contributed by atoms with Crippen LogP contribution < -0.4 is 0 Å². The number of Topliss-reactive ketones (excluding diaryl/α,β-unsaturated/α-hetero) is 1. The number of aliphatic hydroxyl groups is 2. The van der Waals surface area contributed by atoms with Crippen LogP contribution >= 0.6 is 11.8 Å². The summed E-state index contributed by atoms with van der Waals surface area (Å²) in [6.07, 6.45) is 0.365. The molecule has 5 heteroatoms. The molecule has 21 heavy (non-hydrogen) atoms. The monoisotopic (exact) mass is 308 g/mol. The van der Waals surface area contributed by atoms with Crippen LogP contribution in [-0.4, -0.2) is 33.0 Å². The maximum absolute atomic E-state index is 11.9. The van der Waals surface area contributed by atoms with Crippen LogP contribution in [0.15, 0.2) is 24.3 Å². The topological polar surface area (TPSA) is 74.6 Å². The van der Waals surface area contributed by atoms with E-state index in [4.69, 9.17) is 0 Å². The van der Waals surface area contributed by atoms with E-state index in [1.807, 2.05) is 0 Å². The van der Waals surface area contributed by atoms with Crippen molar-refractivity contribution in [1.82, 2.24) is 0 Å². The summed E-state index contributed by atoms with van der Waals surface area (Å²) >= 11 is 1.13. The summed E-state index contributed by atoms with van der Waals surface area (Å²) in [5, 5.41) is 20.0. The van der Waals surface area contributed by atoms with Crippen LogP contribution in [0.25, 0.3) is 0 Å². The summed E-state index contributed by atoms with van der Waals surface area (Å²) in [5.41, 5.74) is 1.25. The molecule has 2 unspecified atom stereocenters. The van der Waals surface area contributed by atoms with Crippen LogP contribution in [0, 0.1) is 5.92 Å². The summed E-state index contributed by atoms with van der Waals surface area (Å²) in [4.78, 5) is 22.7. The quantitative estimate of drug-likeness (QED) is 0.756. The molecule has 0 radical (unpaired) electrons. The fraction of sp³-hybridized carbons (Fsp3) is 0.500. The molecule has 1 fully saturated rings. The van der Waals surface area contributed by atoms with Gasteiger partial charge in [-0.1, -0.05) is 36.0 Å². The van der Waals surface area contributed by atoms with Gasteiger partial charge in [-0.3, -0.25) is 9.59 Å². The molecular weight excluding hydrogens is 288 g/mol. The molecule has 2 atom stereocenters. The minimum Gasteiger partial charge on any atom is -0.390 e. The van der Waals surface area contributed by atoms with E-state index in [9.17, 15) is 19.8 Å². The van der Waals surface area contributed by atoms with Crippen LogP contribution in [0.1, 0.15) is 48.2 Å². The third kappa shape index (κ3) is 4.66. The van der Waals surface area contributed by atoms with Gasteiger partial charge in [-0.25, -0.2) is 0 Å². The molecule has 2 N–H and O–H groups in total. The van der Waals surface area contributed by atoms with Gasteiger partial charge in [0, 0.05) is 24.2 Å². The molecule has 1 aliphatic carbocycles. The molecule has 114 valence electrons. The average molecular weight is 308 g/mol. The molecule has 1 aromatic carbocycles. The summed E-state index contributed by atoms with van der Waals surface area (Å²) in [6.45, 7) is 1.48. The lowest BCUT2D eigenvalue weighted by Crippen LogP contribution is -2.19. The summed E-state index contributed by atoms with van der Waals surface area (Å²) in [7, 11) is 0. The van der Waals surface area contributed by atoms with E-state index in [0.29, 0.717) is 23.3 Å². The number of ketones is 1. The van der Waals surface area contributed by atoms with Gasteiger partial charge in [-0.2, -0.15) is 0 Å². The first kappa shape index (κ1) is 16.2. The number of carbonyl (C=O) groups is 2. The van der Waals surface area contributed by atoms with Crippen molar-refractivity contribution < 1.29 is 19.8 Å².